The number of allylic oxidation sites excluding steroid dienone is 3. The minimum atomic E-state index is -0.418. The molecular formula is C25H26BrN3O2. The molecular weight excluding hydrogens is 454 g/mol. The van der Waals surface area contributed by atoms with Gasteiger partial charge in [0.2, 0.25) is 0 Å². The highest BCUT2D eigenvalue weighted by atomic mass is 79.9. The highest BCUT2D eigenvalue weighted by Gasteiger charge is 2.42. The number of halogens is 1. The summed E-state index contributed by atoms with van der Waals surface area (Å²) in [5.74, 6) is -0.0869. The van der Waals surface area contributed by atoms with Crippen molar-refractivity contribution in [2.24, 2.45) is 5.41 Å². The molecule has 0 saturated carbocycles. The van der Waals surface area contributed by atoms with Gasteiger partial charge in [0.25, 0.3) is 5.91 Å². The number of pyridine rings is 1. The number of carbonyl (C=O) groups excluding carboxylic acids is 2. The zero-order chi connectivity index (χ0) is 22.3. The number of hydrogen-bond acceptors (Lipinski definition) is 4. The Balaban J connectivity index is 1.79. The maximum absolute atomic E-state index is 13.4. The third-order valence-electron chi connectivity index (χ3n) is 5.84. The van der Waals surface area contributed by atoms with Gasteiger partial charge in [-0.05, 0) is 55.0 Å². The Kier molecular flexibility index (Phi) is 5.60. The minimum absolute atomic E-state index is 0.0953. The first kappa shape index (κ1) is 21.5. The summed E-state index contributed by atoms with van der Waals surface area (Å²) in [6.45, 7) is 8.06. The van der Waals surface area contributed by atoms with Crippen molar-refractivity contribution in [2.45, 2.75) is 46.5 Å². The minimum Gasteiger partial charge on any atom is -0.362 e. The van der Waals surface area contributed by atoms with Crippen molar-refractivity contribution in [1.29, 1.82) is 0 Å². The Morgan fingerprint density at radius 3 is 2.48 bits per heavy atom. The Morgan fingerprint density at radius 1 is 1.13 bits per heavy atom. The van der Waals surface area contributed by atoms with E-state index in [4.69, 9.17) is 0 Å². The van der Waals surface area contributed by atoms with Gasteiger partial charge in [-0.15, -0.1) is 0 Å². The molecule has 4 rings (SSSR count). The molecule has 160 valence electrons. The number of ketones is 1. The van der Waals surface area contributed by atoms with Crippen molar-refractivity contribution in [3.8, 4) is 0 Å². The summed E-state index contributed by atoms with van der Waals surface area (Å²) in [7, 11) is 0. The van der Waals surface area contributed by atoms with E-state index in [1.54, 1.807) is 12.3 Å². The summed E-state index contributed by atoms with van der Waals surface area (Å²) < 4.78 is 0.950. The van der Waals surface area contributed by atoms with Crippen LogP contribution in [0.2, 0.25) is 0 Å². The highest BCUT2D eigenvalue weighted by Crippen LogP contribution is 2.46. The van der Waals surface area contributed by atoms with Gasteiger partial charge >= 0.3 is 0 Å². The third-order valence-corrected chi connectivity index (χ3v) is 6.37. The molecule has 0 spiro atoms. The van der Waals surface area contributed by atoms with Crippen molar-refractivity contribution in [3.63, 3.8) is 0 Å². The molecule has 1 aromatic carbocycles. The maximum Gasteiger partial charge on any atom is 0.255 e. The first-order valence-corrected chi connectivity index (χ1v) is 11.2. The molecule has 31 heavy (non-hydrogen) atoms. The van der Waals surface area contributed by atoms with Gasteiger partial charge in [-0.2, -0.15) is 0 Å². The van der Waals surface area contributed by atoms with Gasteiger partial charge in [-0.3, -0.25) is 9.59 Å². The molecule has 2 aliphatic rings. The number of carbonyl (C=O) groups is 2. The van der Waals surface area contributed by atoms with E-state index in [9.17, 15) is 9.59 Å². The number of aryl methyl sites for hydroxylation is 1. The van der Waals surface area contributed by atoms with Gasteiger partial charge < -0.3 is 10.6 Å². The third kappa shape index (κ3) is 4.35. The summed E-state index contributed by atoms with van der Waals surface area (Å²) in [5, 5.41) is 6.31. The molecule has 1 aliphatic heterocycles. The molecule has 2 heterocycles. The zero-order valence-electron chi connectivity index (χ0n) is 18.2. The number of rotatable bonds is 3. The Labute approximate surface area is 191 Å². The second kappa shape index (κ2) is 8.08. The molecule has 6 heteroatoms. The monoisotopic (exact) mass is 479 g/mol. The Morgan fingerprint density at radius 2 is 1.84 bits per heavy atom. The molecule has 2 aromatic rings. The lowest BCUT2D eigenvalue weighted by Gasteiger charge is -2.39. The number of amides is 1. The molecule has 0 bridgehead atoms. The van der Waals surface area contributed by atoms with Crippen LogP contribution in [0.1, 0.15) is 50.7 Å². The molecule has 1 amide bonds. The van der Waals surface area contributed by atoms with Crippen LogP contribution in [0.4, 0.5) is 5.82 Å². The van der Waals surface area contributed by atoms with Gasteiger partial charge in [-0.25, -0.2) is 4.98 Å². The summed E-state index contributed by atoms with van der Waals surface area (Å²) in [5.41, 5.74) is 4.78. The predicted octanol–water partition coefficient (Wildman–Crippen LogP) is 5.40. The van der Waals surface area contributed by atoms with Crippen LogP contribution >= 0.6 is 15.9 Å². The average molecular weight is 480 g/mol. The number of anilines is 1. The molecule has 0 radical (unpaired) electrons. The topological polar surface area (TPSA) is 71.1 Å². The van der Waals surface area contributed by atoms with Crippen molar-refractivity contribution in [3.05, 3.63) is 80.7 Å². The van der Waals surface area contributed by atoms with Crippen LogP contribution in [-0.2, 0) is 9.59 Å². The number of dihydropyridines is 1. The van der Waals surface area contributed by atoms with Crippen LogP contribution in [0.25, 0.3) is 0 Å². The van der Waals surface area contributed by atoms with Crippen molar-refractivity contribution in [2.75, 3.05) is 5.32 Å². The summed E-state index contributed by atoms with van der Waals surface area (Å²) >= 11 is 3.48. The smallest absolute Gasteiger partial charge is 0.255 e. The predicted molar refractivity (Wildman–Crippen MR) is 125 cm³/mol. The zero-order valence-corrected chi connectivity index (χ0v) is 19.8. The number of aromatic nitrogens is 1. The largest absolute Gasteiger partial charge is 0.362 e. The van der Waals surface area contributed by atoms with Crippen LogP contribution in [-0.4, -0.2) is 16.7 Å². The quantitative estimate of drug-likeness (QED) is 0.618. The molecule has 1 aliphatic carbocycles. The summed E-state index contributed by atoms with van der Waals surface area (Å²) in [6.07, 6.45) is 2.95. The fourth-order valence-electron chi connectivity index (χ4n) is 4.45. The number of nitrogens with one attached hydrogen (secondary N) is 2. The van der Waals surface area contributed by atoms with E-state index in [1.807, 2.05) is 44.2 Å². The van der Waals surface area contributed by atoms with E-state index in [-0.39, 0.29) is 17.1 Å². The molecule has 2 N–H and O–H groups in total. The standard InChI is InChI=1S/C25H26BrN3O2/c1-14-5-10-20(27-13-14)29-24(31)21-15(2)28-18-11-25(3,4)12-19(30)23(18)22(21)16-6-8-17(26)9-7-16/h5-10,13,22,28H,11-12H2,1-4H3,(H,27,29,31)/t22-/m1/s1. The molecule has 0 unspecified atom stereocenters. The van der Waals surface area contributed by atoms with Crippen LogP contribution in [0.3, 0.4) is 0 Å². The van der Waals surface area contributed by atoms with Gasteiger partial charge in [-0.1, -0.05) is 48.0 Å². The summed E-state index contributed by atoms with van der Waals surface area (Å²) in [4.78, 5) is 31.0. The van der Waals surface area contributed by atoms with Gasteiger partial charge in [0, 0.05) is 45.5 Å². The average Bonchev–Trinajstić information content (AvgIpc) is 2.68. The fraction of sp³-hybridized carbons (Fsp3) is 0.320. The van der Waals surface area contributed by atoms with Crippen LogP contribution in [0, 0.1) is 12.3 Å². The molecule has 0 saturated heterocycles. The van der Waals surface area contributed by atoms with Crippen molar-refractivity contribution in [1.82, 2.24) is 10.3 Å². The van der Waals surface area contributed by atoms with Crippen LogP contribution in [0.15, 0.2) is 69.6 Å². The molecule has 5 nitrogen and oxygen atoms in total. The van der Waals surface area contributed by atoms with E-state index < -0.39 is 5.92 Å². The van der Waals surface area contributed by atoms with Crippen molar-refractivity contribution >= 4 is 33.4 Å². The second-order valence-electron chi connectivity index (χ2n) is 9.16. The van der Waals surface area contributed by atoms with E-state index in [0.29, 0.717) is 23.4 Å². The number of hydrogen-bond donors (Lipinski definition) is 2. The lowest BCUT2D eigenvalue weighted by Crippen LogP contribution is -2.39. The highest BCUT2D eigenvalue weighted by molar-refractivity contribution is 9.10. The van der Waals surface area contributed by atoms with Crippen LogP contribution in [0.5, 0.6) is 0 Å². The number of nitrogens with zero attached hydrogens (tertiary/aromatic N) is 1. The lowest BCUT2D eigenvalue weighted by molar-refractivity contribution is -0.118. The van der Waals surface area contributed by atoms with E-state index >= 15 is 0 Å². The number of Topliss-reactive ketones (excluding diaryl/α,β-unsaturated/α-hetero) is 1. The fourth-order valence-corrected chi connectivity index (χ4v) is 4.72. The summed E-state index contributed by atoms with van der Waals surface area (Å²) in [6, 6.07) is 11.5. The molecule has 1 aromatic heterocycles. The maximum atomic E-state index is 13.4. The van der Waals surface area contributed by atoms with Crippen molar-refractivity contribution < 1.29 is 9.59 Å². The first-order chi connectivity index (χ1) is 14.6. The Hall–Kier alpha value is -2.73. The van der Waals surface area contributed by atoms with E-state index in [1.165, 1.54) is 0 Å². The molecule has 1 atom stereocenters. The van der Waals surface area contributed by atoms with Gasteiger partial charge in [0.15, 0.2) is 5.78 Å². The van der Waals surface area contributed by atoms with Crippen LogP contribution < -0.4 is 10.6 Å². The number of benzene rings is 1. The normalized spacial score (nSPS) is 20.3. The lowest BCUT2D eigenvalue weighted by atomic mass is 9.68. The van der Waals surface area contributed by atoms with Gasteiger partial charge in [0.1, 0.15) is 5.82 Å². The molecule has 0 fully saturated rings. The van der Waals surface area contributed by atoms with E-state index in [0.717, 1.165) is 33.4 Å². The van der Waals surface area contributed by atoms with Gasteiger partial charge in [0.05, 0.1) is 0 Å². The van der Waals surface area contributed by atoms with E-state index in [2.05, 4.69) is 45.4 Å². The first-order valence-electron chi connectivity index (χ1n) is 10.4. The SMILES string of the molecule is CC1=C(C(=O)Nc2ccc(C)cn2)[C@@H](c2ccc(Br)cc2)C2=C(CC(C)(C)CC2=O)N1. The Bertz CT molecular complexity index is 1110. The second-order valence-corrected chi connectivity index (χ2v) is 10.1.